The zero-order valence-corrected chi connectivity index (χ0v) is 16.3. The second kappa shape index (κ2) is 15.0. The van der Waals surface area contributed by atoms with Crippen LogP contribution in [-0.4, -0.2) is 0 Å². The maximum absolute atomic E-state index is 5.68. The Morgan fingerprint density at radius 1 is 1.28 bits per heavy atom. The molecule has 1 aromatic carbocycles. The number of hydrogen-bond acceptors (Lipinski definition) is 1. The van der Waals surface area contributed by atoms with E-state index in [1.165, 1.54) is 12.0 Å². The third-order valence-electron chi connectivity index (χ3n) is 2.27. The number of unbranched alkanes of at least 4 members (excludes halogenated alkanes) is 1. The van der Waals surface area contributed by atoms with Crippen molar-refractivity contribution in [1.29, 1.82) is 0 Å². The number of halogens is 1. The summed E-state index contributed by atoms with van der Waals surface area (Å²) in [4.78, 5) is 3.22. The van der Waals surface area contributed by atoms with Crippen LogP contribution in [0, 0.1) is 11.9 Å². The van der Waals surface area contributed by atoms with Gasteiger partial charge in [-0.05, 0) is 5.56 Å². The molecule has 0 amide bonds. The molecule has 0 N–H and O–H groups in total. The van der Waals surface area contributed by atoms with Gasteiger partial charge in [-0.3, -0.25) is 4.93 Å². The molecule has 0 radical (unpaired) electrons. The first kappa shape index (κ1) is 20.3. The van der Waals surface area contributed by atoms with Crippen molar-refractivity contribution in [3.05, 3.63) is 59.6 Å². The number of benzene rings is 1. The minimum atomic E-state index is 0. The Morgan fingerprint density at radius 3 is 2.39 bits per heavy atom. The molecule has 1 aromatic rings. The quantitative estimate of drug-likeness (QED) is 0.267. The molecule has 0 saturated carbocycles. The van der Waals surface area contributed by atoms with Gasteiger partial charge in [0, 0.05) is 0 Å². The summed E-state index contributed by atoms with van der Waals surface area (Å²) in [7, 11) is 0. The molecule has 0 aliphatic rings. The zero-order valence-electron chi connectivity index (χ0n) is 11.2. The Morgan fingerprint density at radius 2 is 1.89 bits per heavy atom. The van der Waals surface area contributed by atoms with Crippen molar-refractivity contribution in [1.82, 2.24) is 0 Å². The third kappa shape index (κ3) is 9.96. The van der Waals surface area contributed by atoms with E-state index in [9.17, 15) is 0 Å². The Kier molecular flexibility index (Phi) is 17.0. The molecule has 0 saturated heterocycles. The Balaban J connectivity index is 0. The monoisotopic (exact) mass is 408 g/mol. The first-order valence-corrected chi connectivity index (χ1v) is 7.31. The second-order valence-corrected chi connectivity index (χ2v) is 3.55. The van der Waals surface area contributed by atoms with Crippen molar-refractivity contribution in [2.45, 2.75) is 32.8 Å². The maximum Gasteiger partial charge on any atom is 2.00 e. The van der Waals surface area contributed by atoms with Crippen molar-refractivity contribution in [2.75, 3.05) is 0 Å². The summed E-state index contributed by atoms with van der Waals surface area (Å²) in [5, 5.41) is 0. The molecule has 0 fully saturated rings. The minimum absolute atomic E-state index is 0. The number of allylic oxidation sites excluding steroid dienone is 2. The van der Waals surface area contributed by atoms with E-state index in [2.05, 4.69) is 30.9 Å². The molecule has 1 nitrogen and oxygen atoms in total. The number of rotatable bonds is 6. The predicted molar refractivity (Wildman–Crippen MR) is 83.6 cm³/mol. The summed E-state index contributed by atoms with van der Waals surface area (Å²) in [5.74, 6) is 1.00. The summed E-state index contributed by atoms with van der Waals surface area (Å²) in [6.45, 7) is 6.59. The van der Waals surface area contributed by atoms with Crippen molar-refractivity contribution in [3.63, 3.8) is 0 Å². The molecule has 3 heteroatoms. The predicted octanol–water partition coefficient (Wildman–Crippen LogP) is 5.32. The fraction of sp³-hybridized carbons (Fsp3) is 0.333. The molecule has 0 unspecified atom stereocenters. The number of hydrogen-bond donors (Lipinski definition) is 0. The van der Waals surface area contributed by atoms with E-state index in [0.717, 1.165) is 18.6 Å². The molecule has 0 aliphatic heterocycles. The van der Waals surface area contributed by atoms with Gasteiger partial charge in [-0.1, -0.05) is 62.3 Å². The van der Waals surface area contributed by atoms with Crippen LogP contribution in [0.25, 0.3) is 0 Å². The standard InChI is InChI=1S/C14H19O.CH2I.Zn/c1-3-5-11-14(4-2)15-12-13-9-7-6-8-10-13;1-2;/h4,6-10H,2-3,5,11-12H2,1H3;1H2;/q2*-1;+2/b14-4+;;. The third-order valence-corrected chi connectivity index (χ3v) is 2.27. The van der Waals surface area contributed by atoms with Gasteiger partial charge in [-0.15, -0.1) is 0 Å². The molecular weight excluding hydrogens is 388 g/mol. The Hall–Kier alpha value is -0.0166. The molecule has 0 atom stereocenters. The van der Waals surface area contributed by atoms with E-state index in [1.54, 1.807) is 0 Å². The summed E-state index contributed by atoms with van der Waals surface area (Å²) in [5.41, 5.74) is 1.20. The van der Waals surface area contributed by atoms with E-state index >= 15 is 0 Å². The summed E-state index contributed by atoms with van der Waals surface area (Å²) in [6.07, 6.45) is 5.16. The van der Waals surface area contributed by atoms with Crippen LogP contribution < -0.4 is 0 Å². The smallest absolute Gasteiger partial charge is 0.579 e. The Labute approximate surface area is 138 Å². The molecule has 0 heterocycles. The van der Waals surface area contributed by atoms with Gasteiger partial charge in [0.25, 0.3) is 0 Å². The fourth-order valence-corrected chi connectivity index (χ4v) is 1.33. The van der Waals surface area contributed by atoms with Gasteiger partial charge < -0.3 is 27.3 Å². The fourth-order valence-electron chi connectivity index (χ4n) is 1.33. The van der Waals surface area contributed by atoms with Gasteiger partial charge in [0.05, 0.1) is 6.61 Å². The van der Waals surface area contributed by atoms with Gasteiger partial charge in [0.1, 0.15) is 0 Å². The average molecular weight is 410 g/mol. The SMILES string of the molecule is [CH2-]/C=C(\CCCC)OCc1ccccc1.[CH2-]I.[Zn+2]. The minimum Gasteiger partial charge on any atom is -0.579 e. The van der Waals surface area contributed by atoms with Crippen LogP contribution in [0.3, 0.4) is 0 Å². The van der Waals surface area contributed by atoms with Crippen molar-refractivity contribution in [2.24, 2.45) is 0 Å². The van der Waals surface area contributed by atoms with Crippen LogP contribution in [0.5, 0.6) is 0 Å². The van der Waals surface area contributed by atoms with Gasteiger partial charge >= 0.3 is 19.5 Å². The molecule has 96 valence electrons. The Bertz CT molecular complexity index is 299. The summed E-state index contributed by atoms with van der Waals surface area (Å²) >= 11 is 1.90. The second-order valence-electron chi connectivity index (χ2n) is 3.55. The van der Waals surface area contributed by atoms with Gasteiger partial charge in [-0.25, -0.2) is 6.92 Å². The van der Waals surface area contributed by atoms with E-state index in [4.69, 9.17) is 4.74 Å². The first-order chi connectivity index (χ1) is 8.36. The van der Waals surface area contributed by atoms with Gasteiger partial charge in [0.2, 0.25) is 0 Å². The molecular formula is C15H21IOZn. The molecule has 0 spiro atoms. The van der Waals surface area contributed by atoms with Crippen LogP contribution in [0.4, 0.5) is 0 Å². The van der Waals surface area contributed by atoms with Crippen LogP contribution in [0.15, 0.2) is 42.2 Å². The van der Waals surface area contributed by atoms with Crippen molar-refractivity contribution in [3.8, 4) is 0 Å². The zero-order chi connectivity index (χ0) is 12.9. The molecule has 0 bridgehead atoms. The topological polar surface area (TPSA) is 9.23 Å². The van der Waals surface area contributed by atoms with Crippen LogP contribution in [0.1, 0.15) is 31.7 Å². The molecule has 0 aromatic heterocycles. The molecule has 18 heavy (non-hydrogen) atoms. The van der Waals surface area contributed by atoms with Crippen molar-refractivity contribution < 1.29 is 24.2 Å². The van der Waals surface area contributed by atoms with Crippen molar-refractivity contribution >= 4 is 22.6 Å². The average Bonchev–Trinajstić information content (AvgIpc) is 2.42. The van der Waals surface area contributed by atoms with Crippen LogP contribution >= 0.6 is 22.6 Å². The van der Waals surface area contributed by atoms with Crippen LogP contribution in [0.2, 0.25) is 0 Å². The largest absolute Gasteiger partial charge is 2.00 e. The number of ether oxygens (including phenoxy) is 1. The van der Waals surface area contributed by atoms with E-state index in [-0.39, 0.29) is 19.5 Å². The van der Waals surface area contributed by atoms with E-state index < -0.39 is 0 Å². The first-order valence-electron chi connectivity index (χ1n) is 5.78. The normalized spacial score (nSPS) is 9.83. The van der Waals surface area contributed by atoms with E-state index in [1.807, 2.05) is 46.9 Å². The molecule has 1 rings (SSSR count). The summed E-state index contributed by atoms with van der Waals surface area (Å²) in [6, 6.07) is 10.2. The maximum atomic E-state index is 5.68. The van der Waals surface area contributed by atoms with Gasteiger partial charge in [-0.2, -0.15) is 6.08 Å². The van der Waals surface area contributed by atoms with Crippen LogP contribution in [-0.2, 0) is 30.8 Å². The summed E-state index contributed by atoms with van der Waals surface area (Å²) < 4.78 is 5.68. The van der Waals surface area contributed by atoms with E-state index in [0.29, 0.717) is 6.61 Å². The van der Waals surface area contributed by atoms with Gasteiger partial charge in [0.15, 0.2) is 0 Å². The molecule has 0 aliphatic carbocycles.